The highest BCUT2D eigenvalue weighted by Gasteiger charge is 2.48. The molecule has 0 N–H and O–H groups in total. The Morgan fingerprint density at radius 3 is 2.17 bits per heavy atom. The number of fused-ring (bicyclic) bond motifs is 1. The molecule has 2 nitrogen and oxygen atoms in total. The van der Waals surface area contributed by atoms with E-state index in [1.807, 2.05) is 65.6 Å². The molecule has 0 bridgehead atoms. The number of anilines is 1. The molecule has 0 aliphatic carbocycles. The number of benzene rings is 3. The van der Waals surface area contributed by atoms with Crippen molar-refractivity contribution in [3.05, 3.63) is 101 Å². The Labute approximate surface area is 188 Å². The van der Waals surface area contributed by atoms with Gasteiger partial charge in [-0.2, -0.15) is 0 Å². The van der Waals surface area contributed by atoms with E-state index in [1.54, 1.807) is 0 Å². The minimum atomic E-state index is -0.738. The monoisotopic (exact) mass is 437 g/mol. The molecule has 0 aromatic heterocycles. The van der Waals surface area contributed by atoms with E-state index < -0.39 is 10.9 Å². The third-order valence-corrected chi connectivity index (χ3v) is 6.83. The molecule has 30 heavy (non-hydrogen) atoms. The fourth-order valence-corrected chi connectivity index (χ4v) is 5.24. The van der Waals surface area contributed by atoms with Crippen molar-refractivity contribution in [1.82, 2.24) is 0 Å². The molecule has 1 aliphatic rings. The smallest absolute Gasteiger partial charge is 0.250 e. The number of halogens is 2. The molecular formula is C26H25Cl2NO. The molecule has 0 spiro atoms. The third kappa shape index (κ3) is 3.53. The molecule has 1 amide bonds. The van der Waals surface area contributed by atoms with Gasteiger partial charge in [0.25, 0.3) is 0 Å². The van der Waals surface area contributed by atoms with Crippen LogP contribution in [0.3, 0.4) is 0 Å². The largest absolute Gasteiger partial charge is 0.305 e. The summed E-state index contributed by atoms with van der Waals surface area (Å²) < 4.78 is 0. The Morgan fingerprint density at radius 1 is 0.900 bits per heavy atom. The van der Waals surface area contributed by atoms with Gasteiger partial charge in [0.05, 0.1) is 0 Å². The van der Waals surface area contributed by atoms with Crippen molar-refractivity contribution in [1.29, 1.82) is 0 Å². The Balaban J connectivity index is 1.83. The van der Waals surface area contributed by atoms with Crippen molar-refractivity contribution in [2.24, 2.45) is 0 Å². The van der Waals surface area contributed by atoms with Gasteiger partial charge in [-0.1, -0.05) is 79.2 Å². The van der Waals surface area contributed by atoms with Gasteiger partial charge in [-0.3, -0.25) is 4.79 Å². The van der Waals surface area contributed by atoms with E-state index in [4.69, 9.17) is 23.2 Å². The Kier molecular flexibility index (Phi) is 5.42. The fourth-order valence-electron chi connectivity index (χ4n) is 4.87. The number of amides is 1. The van der Waals surface area contributed by atoms with Crippen molar-refractivity contribution in [3.8, 4) is 0 Å². The second kappa shape index (κ2) is 7.76. The average Bonchev–Trinajstić information content (AvgIpc) is 2.73. The minimum Gasteiger partial charge on any atom is -0.305 e. The van der Waals surface area contributed by atoms with Crippen LogP contribution in [0.2, 0.25) is 5.02 Å². The normalized spacial score (nSPS) is 21.0. The molecule has 0 radical (unpaired) electrons. The quantitative estimate of drug-likeness (QED) is 0.398. The molecule has 0 fully saturated rings. The molecule has 4 heteroatoms. The van der Waals surface area contributed by atoms with Gasteiger partial charge in [0.2, 0.25) is 5.91 Å². The lowest BCUT2D eigenvalue weighted by Gasteiger charge is -2.51. The molecule has 0 saturated heterocycles. The van der Waals surface area contributed by atoms with Gasteiger partial charge in [0, 0.05) is 21.7 Å². The fraction of sp³-hybridized carbons (Fsp3) is 0.269. The van der Waals surface area contributed by atoms with Crippen LogP contribution in [0.25, 0.3) is 0 Å². The van der Waals surface area contributed by atoms with Crippen molar-refractivity contribution in [2.75, 3.05) is 4.90 Å². The standard InChI is InChI=1S/C26H25Cl2NO/c1-25(2)17-26(3,19-13-15-20(27)16-14-19)21-11-7-8-12-22(21)29(25)24(30)23(28)18-9-5-4-6-10-18/h4-16,23H,17H2,1-3H3/t23-,26+/m1/s1. The number of para-hydroxylation sites is 1. The van der Waals surface area contributed by atoms with Crippen LogP contribution in [-0.4, -0.2) is 11.4 Å². The van der Waals surface area contributed by atoms with Crippen LogP contribution in [0.15, 0.2) is 78.9 Å². The highest BCUT2D eigenvalue weighted by molar-refractivity contribution is 6.33. The van der Waals surface area contributed by atoms with Crippen LogP contribution < -0.4 is 4.90 Å². The summed E-state index contributed by atoms with van der Waals surface area (Å²) in [6.07, 6.45) is 0.767. The highest BCUT2D eigenvalue weighted by Crippen LogP contribution is 2.51. The van der Waals surface area contributed by atoms with Crippen LogP contribution in [0.5, 0.6) is 0 Å². The van der Waals surface area contributed by atoms with E-state index in [0.29, 0.717) is 0 Å². The number of hydrogen-bond donors (Lipinski definition) is 0. The first-order valence-corrected chi connectivity index (χ1v) is 10.9. The van der Waals surface area contributed by atoms with Crippen molar-refractivity contribution < 1.29 is 4.79 Å². The lowest BCUT2D eigenvalue weighted by Crippen LogP contribution is -2.56. The van der Waals surface area contributed by atoms with Crippen molar-refractivity contribution in [3.63, 3.8) is 0 Å². The van der Waals surface area contributed by atoms with Crippen LogP contribution >= 0.6 is 23.2 Å². The number of hydrogen-bond acceptors (Lipinski definition) is 1. The second-order valence-corrected chi connectivity index (χ2v) is 9.67. The van der Waals surface area contributed by atoms with E-state index in [1.165, 1.54) is 5.56 Å². The summed E-state index contributed by atoms with van der Waals surface area (Å²) in [6, 6.07) is 25.7. The molecule has 4 rings (SSSR count). The number of rotatable bonds is 3. The summed E-state index contributed by atoms with van der Waals surface area (Å²) in [4.78, 5) is 15.5. The predicted octanol–water partition coefficient (Wildman–Crippen LogP) is 7.14. The van der Waals surface area contributed by atoms with Crippen molar-refractivity contribution >= 4 is 34.8 Å². The van der Waals surface area contributed by atoms with Gasteiger partial charge in [0.1, 0.15) is 5.38 Å². The zero-order valence-electron chi connectivity index (χ0n) is 17.4. The average molecular weight is 438 g/mol. The first-order valence-electron chi connectivity index (χ1n) is 10.1. The third-order valence-electron chi connectivity index (χ3n) is 6.14. The molecule has 3 aromatic rings. The molecule has 2 atom stereocenters. The zero-order chi connectivity index (χ0) is 21.5. The van der Waals surface area contributed by atoms with E-state index in [2.05, 4.69) is 39.0 Å². The Bertz CT molecular complexity index is 1060. The topological polar surface area (TPSA) is 20.3 Å². The number of nitrogens with zero attached hydrogens (tertiary/aromatic N) is 1. The maximum atomic E-state index is 13.6. The summed E-state index contributed by atoms with van der Waals surface area (Å²) >= 11 is 12.8. The zero-order valence-corrected chi connectivity index (χ0v) is 18.9. The molecule has 1 heterocycles. The van der Waals surface area contributed by atoms with Gasteiger partial charge >= 0.3 is 0 Å². The molecule has 0 saturated carbocycles. The Morgan fingerprint density at radius 2 is 1.50 bits per heavy atom. The molecule has 3 aromatic carbocycles. The molecular weight excluding hydrogens is 413 g/mol. The lowest BCUT2D eigenvalue weighted by molar-refractivity contribution is -0.119. The highest BCUT2D eigenvalue weighted by atomic mass is 35.5. The lowest BCUT2D eigenvalue weighted by atomic mass is 9.65. The maximum absolute atomic E-state index is 13.6. The summed E-state index contributed by atoms with van der Waals surface area (Å²) in [6.45, 7) is 6.47. The molecule has 0 unspecified atom stereocenters. The summed E-state index contributed by atoms with van der Waals surface area (Å²) in [5.74, 6) is -0.0986. The SMILES string of the molecule is CC1(C)C[C@@](C)(c2ccc(Cl)cc2)c2ccccc2N1C(=O)[C@H](Cl)c1ccccc1. The van der Waals surface area contributed by atoms with E-state index in [0.717, 1.165) is 28.3 Å². The first kappa shape index (κ1) is 21.0. The number of carbonyl (C=O) groups is 1. The van der Waals surface area contributed by atoms with Crippen LogP contribution in [0.4, 0.5) is 5.69 Å². The summed E-state index contributed by atoms with van der Waals surface area (Å²) in [5, 5.41) is -0.0197. The predicted molar refractivity (Wildman–Crippen MR) is 126 cm³/mol. The first-order chi connectivity index (χ1) is 14.2. The second-order valence-electron chi connectivity index (χ2n) is 8.79. The van der Waals surface area contributed by atoms with Crippen LogP contribution in [-0.2, 0) is 10.2 Å². The van der Waals surface area contributed by atoms with E-state index in [9.17, 15) is 4.79 Å². The van der Waals surface area contributed by atoms with Gasteiger partial charge in [0.15, 0.2) is 0 Å². The molecule has 154 valence electrons. The Hall–Kier alpha value is -2.29. The van der Waals surface area contributed by atoms with Gasteiger partial charge in [-0.05, 0) is 55.2 Å². The van der Waals surface area contributed by atoms with Gasteiger partial charge < -0.3 is 4.90 Å². The van der Waals surface area contributed by atoms with E-state index in [-0.39, 0.29) is 11.3 Å². The summed E-state index contributed by atoms with van der Waals surface area (Å²) in [7, 11) is 0. The number of alkyl halides is 1. The van der Waals surface area contributed by atoms with E-state index >= 15 is 0 Å². The number of carbonyl (C=O) groups excluding carboxylic acids is 1. The summed E-state index contributed by atoms with van der Waals surface area (Å²) in [5.41, 5.74) is 3.35. The van der Waals surface area contributed by atoms with Crippen LogP contribution in [0.1, 0.15) is 49.3 Å². The minimum absolute atomic E-state index is 0.0986. The van der Waals surface area contributed by atoms with Crippen LogP contribution in [0, 0.1) is 0 Å². The van der Waals surface area contributed by atoms with Crippen molar-refractivity contribution in [2.45, 2.75) is 43.5 Å². The van der Waals surface area contributed by atoms with Gasteiger partial charge in [-0.15, -0.1) is 11.6 Å². The van der Waals surface area contributed by atoms with Gasteiger partial charge in [-0.25, -0.2) is 0 Å². The molecule has 1 aliphatic heterocycles. The maximum Gasteiger partial charge on any atom is 0.250 e.